The molecule has 0 bridgehead atoms. The zero-order valence-corrected chi connectivity index (χ0v) is 20.5. The fraction of sp³-hybridized carbons (Fsp3) is 0.310. The SMILES string of the molecule is CC(C)(C)OC(=O)N1CCCC(c2cc(-c3ccc(Oc4ccccc4)cc3)c3[nH]ncc3c2)C1. The molecule has 5 rings (SSSR count). The number of carbonyl (C=O) groups excluding carboxylic acids is 1. The van der Waals surface area contributed by atoms with Gasteiger partial charge >= 0.3 is 6.09 Å². The second-order valence-corrected chi connectivity index (χ2v) is 10.1. The third-order valence-electron chi connectivity index (χ3n) is 6.26. The maximum atomic E-state index is 12.7. The first-order valence-electron chi connectivity index (χ1n) is 12.1. The molecule has 1 unspecified atom stereocenters. The molecule has 1 N–H and O–H groups in total. The van der Waals surface area contributed by atoms with Crippen molar-refractivity contribution >= 4 is 17.0 Å². The van der Waals surface area contributed by atoms with E-state index in [1.165, 1.54) is 5.56 Å². The molecular formula is C29H31N3O3. The Morgan fingerprint density at radius 3 is 2.51 bits per heavy atom. The smallest absolute Gasteiger partial charge is 0.410 e. The van der Waals surface area contributed by atoms with Crippen LogP contribution in [-0.2, 0) is 4.74 Å². The van der Waals surface area contributed by atoms with Crippen LogP contribution in [0.15, 0.2) is 72.9 Å². The zero-order valence-electron chi connectivity index (χ0n) is 20.5. The molecule has 0 aliphatic carbocycles. The summed E-state index contributed by atoms with van der Waals surface area (Å²) < 4.78 is 11.6. The normalized spacial score (nSPS) is 16.3. The number of piperidine rings is 1. The summed E-state index contributed by atoms with van der Waals surface area (Å²) >= 11 is 0. The number of rotatable bonds is 4. The molecule has 1 aliphatic heterocycles. The van der Waals surface area contributed by atoms with Gasteiger partial charge in [0.05, 0.1) is 11.7 Å². The lowest BCUT2D eigenvalue weighted by Crippen LogP contribution is -2.42. The van der Waals surface area contributed by atoms with Gasteiger partial charge < -0.3 is 14.4 Å². The van der Waals surface area contributed by atoms with E-state index in [-0.39, 0.29) is 12.0 Å². The molecule has 3 aromatic carbocycles. The molecule has 1 aliphatic rings. The summed E-state index contributed by atoms with van der Waals surface area (Å²) in [6.45, 7) is 7.10. The van der Waals surface area contributed by atoms with Crippen LogP contribution in [-0.4, -0.2) is 39.9 Å². The van der Waals surface area contributed by atoms with E-state index in [1.54, 1.807) is 0 Å². The molecule has 180 valence electrons. The van der Waals surface area contributed by atoms with Gasteiger partial charge in [0.25, 0.3) is 0 Å². The van der Waals surface area contributed by atoms with Crippen molar-refractivity contribution in [3.8, 4) is 22.6 Å². The van der Waals surface area contributed by atoms with Gasteiger partial charge in [-0.15, -0.1) is 0 Å². The lowest BCUT2D eigenvalue weighted by Gasteiger charge is -2.34. The minimum Gasteiger partial charge on any atom is -0.457 e. The summed E-state index contributed by atoms with van der Waals surface area (Å²) in [5.41, 5.74) is 3.90. The van der Waals surface area contributed by atoms with E-state index in [2.05, 4.69) is 34.5 Å². The van der Waals surface area contributed by atoms with Gasteiger partial charge in [-0.05, 0) is 81.1 Å². The molecule has 1 aromatic heterocycles. The molecule has 4 aromatic rings. The summed E-state index contributed by atoms with van der Waals surface area (Å²) in [7, 11) is 0. The number of benzene rings is 3. The Morgan fingerprint density at radius 1 is 1.03 bits per heavy atom. The third kappa shape index (κ3) is 5.32. The van der Waals surface area contributed by atoms with E-state index in [1.807, 2.05) is 74.3 Å². The van der Waals surface area contributed by atoms with Gasteiger partial charge in [-0.25, -0.2) is 4.79 Å². The van der Waals surface area contributed by atoms with E-state index in [4.69, 9.17) is 9.47 Å². The minimum absolute atomic E-state index is 0.235. The standard InChI is InChI=1S/C29H31N3O3/c1-29(2,3)35-28(33)32-15-7-8-21(19-32)22-16-23-18-30-31-27(23)26(17-22)20-11-13-25(14-12-20)34-24-9-5-4-6-10-24/h4-6,9-14,16-18,21H,7-8,15,19H2,1-3H3,(H,30,31). The van der Waals surface area contributed by atoms with Crippen molar-refractivity contribution in [2.75, 3.05) is 13.1 Å². The van der Waals surface area contributed by atoms with Crippen LogP contribution in [0.5, 0.6) is 11.5 Å². The average molecular weight is 470 g/mol. The second kappa shape index (κ2) is 9.45. The van der Waals surface area contributed by atoms with E-state index in [9.17, 15) is 4.79 Å². The quantitative estimate of drug-likeness (QED) is 0.345. The highest BCUT2D eigenvalue weighted by Gasteiger charge is 2.29. The van der Waals surface area contributed by atoms with Gasteiger partial charge in [0.2, 0.25) is 0 Å². The third-order valence-corrected chi connectivity index (χ3v) is 6.26. The van der Waals surface area contributed by atoms with Crippen molar-refractivity contribution in [2.24, 2.45) is 0 Å². The van der Waals surface area contributed by atoms with Gasteiger partial charge in [0, 0.05) is 30.0 Å². The summed E-state index contributed by atoms with van der Waals surface area (Å²) in [5, 5.41) is 8.52. The van der Waals surface area contributed by atoms with Crippen LogP contribution in [0.4, 0.5) is 4.79 Å². The number of fused-ring (bicyclic) bond motifs is 1. The second-order valence-electron chi connectivity index (χ2n) is 10.1. The monoisotopic (exact) mass is 469 g/mol. The number of aromatic amines is 1. The number of ether oxygens (including phenoxy) is 2. The maximum Gasteiger partial charge on any atom is 0.410 e. The number of carbonyl (C=O) groups is 1. The zero-order chi connectivity index (χ0) is 24.4. The van der Waals surface area contributed by atoms with Gasteiger partial charge in [-0.2, -0.15) is 5.10 Å². The topological polar surface area (TPSA) is 67.4 Å². The van der Waals surface area contributed by atoms with E-state index in [0.29, 0.717) is 6.54 Å². The predicted molar refractivity (Wildman–Crippen MR) is 138 cm³/mol. The molecule has 1 saturated heterocycles. The van der Waals surface area contributed by atoms with Crippen molar-refractivity contribution in [1.29, 1.82) is 0 Å². The van der Waals surface area contributed by atoms with Crippen molar-refractivity contribution in [3.63, 3.8) is 0 Å². The van der Waals surface area contributed by atoms with Crippen LogP contribution >= 0.6 is 0 Å². The lowest BCUT2D eigenvalue weighted by molar-refractivity contribution is 0.0198. The Labute approximate surface area is 205 Å². The summed E-state index contributed by atoms with van der Waals surface area (Å²) in [6.07, 6.45) is 3.62. The first-order valence-corrected chi connectivity index (χ1v) is 12.1. The maximum absolute atomic E-state index is 12.7. The number of H-pyrrole nitrogens is 1. The highest BCUT2D eigenvalue weighted by atomic mass is 16.6. The van der Waals surface area contributed by atoms with Crippen molar-refractivity contribution < 1.29 is 14.3 Å². The fourth-order valence-corrected chi connectivity index (χ4v) is 4.61. The van der Waals surface area contributed by atoms with E-state index in [0.717, 1.165) is 52.9 Å². The highest BCUT2D eigenvalue weighted by Crippen LogP contribution is 2.36. The number of aromatic nitrogens is 2. The Hall–Kier alpha value is -3.80. The number of amides is 1. The molecule has 6 nitrogen and oxygen atoms in total. The summed E-state index contributed by atoms with van der Waals surface area (Å²) in [6, 6.07) is 22.3. The average Bonchev–Trinajstić information content (AvgIpc) is 3.33. The molecular weight excluding hydrogens is 438 g/mol. The number of likely N-dealkylation sites (tertiary alicyclic amines) is 1. The fourth-order valence-electron chi connectivity index (χ4n) is 4.61. The minimum atomic E-state index is -0.497. The highest BCUT2D eigenvalue weighted by molar-refractivity contribution is 5.94. The number of hydrogen-bond acceptors (Lipinski definition) is 4. The Kier molecular flexibility index (Phi) is 6.20. The van der Waals surface area contributed by atoms with Crippen LogP contribution in [0.2, 0.25) is 0 Å². The van der Waals surface area contributed by atoms with Gasteiger partial charge in [-0.1, -0.05) is 30.3 Å². The Bertz CT molecular complexity index is 1310. The number of hydrogen-bond donors (Lipinski definition) is 1. The predicted octanol–water partition coefficient (Wildman–Crippen LogP) is 7.14. The molecule has 0 spiro atoms. The van der Waals surface area contributed by atoms with Crippen molar-refractivity contribution in [2.45, 2.75) is 45.1 Å². The van der Waals surface area contributed by atoms with Gasteiger partial charge in [-0.3, -0.25) is 5.10 Å². The molecule has 2 heterocycles. The van der Waals surface area contributed by atoms with Crippen LogP contribution in [0.1, 0.15) is 45.1 Å². The van der Waals surface area contributed by atoms with Crippen LogP contribution in [0.3, 0.4) is 0 Å². The Morgan fingerprint density at radius 2 is 1.77 bits per heavy atom. The molecule has 0 saturated carbocycles. The van der Waals surface area contributed by atoms with Gasteiger partial charge in [0.1, 0.15) is 17.1 Å². The van der Waals surface area contributed by atoms with Crippen molar-refractivity contribution in [1.82, 2.24) is 15.1 Å². The molecule has 0 radical (unpaired) electrons. The van der Waals surface area contributed by atoms with E-state index < -0.39 is 5.60 Å². The number of nitrogens with zero attached hydrogens (tertiary/aromatic N) is 2. The summed E-state index contributed by atoms with van der Waals surface area (Å²) in [5.74, 6) is 1.84. The molecule has 6 heteroatoms. The van der Waals surface area contributed by atoms with E-state index >= 15 is 0 Å². The van der Waals surface area contributed by atoms with Crippen LogP contribution in [0.25, 0.3) is 22.0 Å². The van der Waals surface area contributed by atoms with Crippen LogP contribution in [0, 0.1) is 0 Å². The molecule has 1 amide bonds. The first kappa shape index (κ1) is 23.0. The van der Waals surface area contributed by atoms with Crippen LogP contribution < -0.4 is 4.74 Å². The van der Waals surface area contributed by atoms with Crippen molar-refractivity contribution in [3.05, 3.63) is 78.5 Å². The first-order chi connectivity index (χ1) is 16.9. The Balaban J connectivity index is 1.41. The number of nitrogens with one attached hydrogen (secondary N) is 1. The van der Waals surface area contributed by atoms with Gasteiger partial charge in [0.15, 0.2) is 0 Å². The molecule has 1 fully saturated rings. The molecule has 1 atom stereocenters. The summed E-state index contributed by atoms with van der Waals surface area (Å²) in [4.78, 5) is 14.5. The largest absolute Gasteiger partial charge is 0.457 e. The number of para-hydroxylation sites is 1. The molecule has 35 heavy (non-hydrogen) atoms. The lowest BCUT2D eigenvalue weighted by atomic mass is 9.88.